The van der Waals surface area contributed by atoms with Crippen molar-refractivity contribution in [3.8, 4) is 11.4 Å². The summed E-state index contributed by atoms with van der Waals surface area (Å²) in [6.45, 7) is 5.65. The van der Waals surface area contributed by atoms with E-state index < -0.39 is 11.7 Å². The zero-order valence-corrected chi connectivity index (χ0v) is 20.4. The van der Waals surface area contributed by atoms with Crippen LogP contribution in [0.25, 0.3) is 22.4 Å². The molecule has 1 amide bonds. The van der Waals surface area contributed by atoms with Crippen molar-refractivity contribution in [1.82, 2.24) is 19.9 Å². The number of rotatable bonds is 8. The number of anilines is 1. The number of nitrogens with zero attached hydrogens (tertiary/aromatic N) is 4. The smallest absolute Gasteiger partial charge is 0.358 e. The van der Waals surface area contributed by atoms with Gasteiger partial charge in [-0.05, 0) is 49.7 Å². The second kappa shape index (κ2) is 10.4. The molecule has 0 aliphatic rings. The molecule has 36 heavy (non-hydrogen) atoms. The fourth-order valence-electron chi connectivity index (χ4n) is 4.04. The number of carbonyl (C=O) groups excluding carboxylic acids is 1. The zero-order valence-electron chi connectivity index (χ0n) is 20.4. The van der Waals surface area contributed by atoms with Crippen molar-refractivity contribution in [3.05, 3.63) is 78.0 Å². The summed E-state index contributed by atoms with van der Waals surface area (Å²) in [6.07, 6.45) is -2.78. The molecule has 4 rings (SSSR count). The number of halogens is 3. The van der Waals surface area contributed by atoms with Crippen molar-refractivity contribution in [3.63, 3.8) is 0 Å². The SMILES string of the molecule is CCN(CCN(C)c1ccc(-c2nc3ccc(C(F)(F)F)cc3[nH]2)cn1)C(=O)C(C)c1ccccc1. The number of imidazole rings is 1. The van der Waals surface area contributed by atoms with Gasteiger partial charge in [-0.2, -0.15) is 13.2 Å². The molecule has 2 aromatic heterocycles. The third-order valence-electron chi connectivity index (χ3n) is 6.29. The Kier molecular flexibility index (Phi) is 7.28. The number of aromatic amines is 1. The molecule has 0 saturated heterocycles. The number of hydrogen-bond donors (Lipinski definition) is 1. The fraction of sp³-hybridized carbons (Fsp3) is 0.296. The lowest BCUT2D eigenvalue weighted by molar-refractivity contribution is -0.137. The molecule has 188 valence electrons. The standard InChI is InChI=1S/C27H28F3N5O/c1-4-35(26(36)18(2)19-8-6-5-7-9-19)15-14-34(3)24-13-10-20(17-31-24)25-32-22-12-11-21(27(28,29)30)16-23(22)33-25/h5-13,16-18H,4,14-15H2,1-3H3,(H,32,33). The molecule has 1 N–H and O–H groups in total. The number of aromatic nitrogens is 3. The first-order valence-electron chi connectivity index (χ1n) is 11.8. The molecule has 0 saturated carbocycles. The summed E-state index contributed by atoms with van der Waals surface area (Å²) >= 11 is 0. The molecular weight excluding hydrogens is 467 g/mol. The van der Waals surface area contributed by atoms with Gasteiger partial charge in [0.2, 0.25) is 5.91 Å². The average Bonchev–Trinajstić information content (AvgIpc) is 3.32. The quantitative estimate of drug-likeness (QED) is 0.339. The lowest BCUT2D eigenvalue weighted by atomic mass is 10.00. The van der Waals surface area contributed by atoms with Gasteiger partial charge < -0.3 is 14.8 Å². The Bertz CT molecular complexity index is 1320. The van der Waals surface area contributed by atoms with Gasteiger partial charge in [-0.1, -0.05) is 30.3 Å². The van der Waals surface area contributed by atoms with E-state index in [0.717, 1.165) is 17.7 Å². The molecule has 1 unspecified atom stereocenters. The van der Waals surface area contributed by atoms with E-state index >= 15 is 0 Å². The van der Waals surface area contributed by atoms with Gasteiger partial charge >= 0.3 is 6.18 Å². The van der Waals surface area contributed by atoms with Crippen LogP contribution in [0.1, 0.15) is 30.9 Å². The van der Waals surface area contributed by atoms with Crippen molar-refractivity contribution in [2.75, 3.05) is 31.6 Å². The molecular formula is C27H28F3N5O. The first-order valence-corrected chi connectivity index (χ1v) is 11.8. The van der Waals surface area contributed by atoms with Crippen LogP contribution in [-0.2, 0) is 11.0 Å². The number of benzene rings is 2. The fourth-order valence-corrected chi connectivity index (χ4v) is 4.04. The van der Waals surface area contributed by atoms with Gasteiger partial charge in [0.15, 0.2) is 0 Å². The molecule has 2 aromatic carbocycles. The molecule has 6 nitrogen and oxygen atoms in total. The number of carbonyl (C=O) groups is 1. The predicted molar refractivity (Wildman–Crippen MR) is 135 cm³/mol. The van der Waals surface area contributed by atoms with E-state index in [1.165, 1.54) is 6.07 Å². The van der Waals surface area contributed by atoms with Crippen LogP contribution in [0.4, 0.5) is 19.0 Å². The largest absolute Gasteiger partial charge is 0.416 e. The van der Waals surface area contributed by atoms with Gasteiger partial charge in [0.25, 0.3) is 0 Å². The Labute approximate surface area is 207 Å². The maximum atomic E-state index is 13.0. The van der Waals surface area contributed by atoms with Crippen LogP contribution in [0.3, 0.4) is 0 Å². The molecule has 0 bridgehead atoms. The van der Waals surface area contributed by atoms with E-state index in [1.54, 1.807) is 6.20 Å². The minimum absolute atomic E-state index is 0.0824. The number of amides is 1. The van der Waals surface area contributed by atoms with Gasteiger partial charge in [-0.3, -0.25) is 4.79 Å². The zero-order chi connectivity index (χ0) is 25.9. The summed E-state index contributed by atoms with van der Waals surface area (Å²) in [5.41, 5.74) is 1.70. The first kappa shape index (κ1) is 25.2. The topological polar surface area (TPSA) is 65.1 Å². The second-order valence-electron chi connectivity index (χ2n) is 8.69. The minimum Gasteiger partial charge on any atom is -0.358 e. The summed E-state index contributed by atoms with van der Waals surface area (Å²) in [6, 6.07) is 16.8. The van der Waals surface area contributed by atoms with Gasteiger partial charge in [0.05, 0.1) is 22.5 Å². The Morgan fingerprint density at radius 1 is 1.06 bits per heavy atom. The van der Waals surface area contributed by atoms with Crippen LogP contribution >= 0.6 is 0 Å². The van der Waals surface area contributed by atoms with E-state index in [9.17, 15) is 18.0 Å². The highest BCUT2D eigenvalue weighted by Gasteiger charge is 2.30. The van der Waals surface area contributed by atoms with Crippen molar-refractivity contribution in [2.24, 2.45) is 0 Å². The third kappa shape index (κ3) is 5.50. The van der Waals surface area contributed by atoms with E-state index in [4.69, 9.17) is 0 Å². The van der Waals surface area contributed by atoms with E-state index in [2.05, 4.69) is 15.0 Å². The predicted octanol–water partition coefficient (Wildman–Crippen LogP) is 5.73. The van der Waals surface area contributed by atoms with Gasteiger partial charge in [-0.25, -0.2) is 9.97 Å². The Hall–Kier alpha value is -3.88. The lowest BCUT2D eigenvalue weighted by Gasteiger charge is -2.27. The van der Waals surface area contributed by atoms with Gasteiger partial charge in [0.1, 0.15) is 11.6 Å². The molecule has 4 aromatic rings. The summed E-state index contributed by atoms with van der Waals surface area (Å²) in [5, 5.41) is 0. The average molecular weight is 496 g/mol. The maximum Gasteiger partial charge on any atom is 0.416 e. The van der Waals surface area contributed by atoms with Crippen molar-refractivity contribution < 1.29 is 18.0 Å². The van der Waals surface area contributed by atoms with Crippen molar-refractivity contribution in [1.29, 1.82) is 0 Å². The lowest BCUT2D eigenvalue weighted by Crippen LogP contribution is -2.39. The van der Waals surface area contributed by atoms with E-state index in [0.29, 0.717) is 47.9 Å². The van der Waals surface area contributed by atoms with Crippen molar-refractivity contribution >= 4 is 22.8 Å². The number of fused-ring (bicyclic) bond motifs is 1. The summed E-state index contributed by atoms with van der Waals surface area (Å²) in [7, 11) is 1.90. The first-order chi connectivity index (χ1) is 17.2. The molecule has 0 radical (unpaired) electrons. The molecule has 9 heteroatoms. The summed E-state index contributed by atoms with van der Waals surface area (Å²) < 4.78 is 39.0. The van der Waals surface area contributed by atoms with Crippen LogP contribution in [-0.4, -0.2) is 52.4 Å². The van der Waals surface area contributed by atoms with Crippen LogP contribution in [0.5, 0.6) is 0 Å². The number of likely N-dealkylation sites (N-methyl/N-ethyl adjacent to an activating group) is 2. The van der Waals surface area contributed by atoms with E-state index in [1.807, 2.05) is 73.2 Å². The number of nitrogens with one attached hydrogen (secondary N) is 1. The third-order valence-corrected chi connectivity index (χ3v) is 6.29. The monoisotopic (exact) mass is 495 g/mol. The van der Waals surface area contributed by atoms with Crippen LogP contribution in [0.15, 0.2) is 66.9 Å². The highest BCUT2D eigenvalue weighted by Crippen LogP contribution is 2.31. The normalized spacial score (nSPS) is 12.5. The van der Waals surface area contributed by atoms with Crippen LogP contribution in [0.2, 0.25) is 0 Å². The molecule has 0 aliphatic carbocycles. The van der Waals surface area contributed by atoms with E-state index in [-0.39, 0.29) is 11.8 Å². The molecule has 0 spiro atoms. The number of H-pyrrole nitrogens is 1. The van der Waals surface area contributed by atoms with Gasteiger partial charge in [-0.15, -0.1) is 0 Å². The molecule has 2 heterocycles. The van der Waals surface area contributed by atoms with Crippen LogP contribution in [0, 0.1) is 0 Å². The molecule has 0 aliphatic heterocycles. The van der Waals surface area contributed by atoms with Crippen molar-refractivity contribution in [2.45, 2.75) is 25.9 Å². The Morgan fingerprint density at radius 2 is 1.81 bits per heavy atom. The highest BCUT2D eigenvalue weighted by molar-refractivity contribution is 5.83. The molecule has 0 fully saturated rings. The molecule has 1 atom stereocenters. The number of hydrogen-bond acceptors (Lipinski definition) is 4. The second-order valence-corrected chi connectivity index (χ2v) is 8.69. The number of alkyl halides is 3. The summed E-state index contributed by atoms with van der Waals surface area (Å²) in [5.74, 6) is 1.03. The summed E-state index contributed by atoms with van der Waals surface area (Å²) in [4.78, 5) is 28.6. The van der Waals surface area contributed by atoms with Gasteiger partial charge in [0, 0.05) is 38.4 Å². The number of pyridine rings is 1. The Morgan fingerprint density at radius 3 is 2.44 bits per heavy atom. The van der Waals surface area contributed by atoms with Crippen LogP contribution < -0.4 is 4.90 Å². The minimum atomic E-state index is -4.41. The maximum absolute atomic E-state index is 13.0. The highest BCUT2D eigenvalue weighted by atomic mass is 19.4. The Balaban J connectivity index is 1.41.